The van der Waals surface area contributed by atoms with Crippen molar-refractivity contribution in [3.8, 4) is 5.75 Å². The zero-order valence-corrected chi connectivity index (χ0v) is 7.99. The number of rotatable bonds is 3. The molecular formula is C9H8ClNO3. The lowest BCUT2D eigenvalue weighted by molar-refractivity contribution is 0.0685. The highest BCUT2D eigenvalue weighted by atomic mass is 35.5. The summed E-state index contributed by atoms with van der Waals surface area (Å²) < 4.78 is 5.37. The third-order valence-electron chi connectivity index (χ3n) is 1.84. The number of carboxylic acids is 1. The van der Waals surface area contributed by atoms with Gasteiger partial charge in [0.15, 0.2) is 11.4 Å². The maximum Gasteiger partial charge on any atom is 0.358 e. The highest BCUT2D eigenvalue weighted by Gasteiger charge is 2.26. The minimum Gasteiger partial charge on any atom is -0.488 e. The predicted molar refractivity (Wildman–Crippen MR) is 49.9 cm³/mol. The molecular weight excluding hydrogens is 206 g/mol. The van der Waals surface area contributed by atoms with Gasteiger partial charge in [-0.3, -0.25) is 0 Å². The highest BCUT2D eigenvalue weighted by molar-refractivity contribution is 6.29. The van der Waals surface area contributed by atoms with Crippen LogP contribution in [-0.2, 0) is 0 Å². The number of hydrogen-bond donors (Lipinski definition) is 1. The molecule has 1 aliphatic rings. The average molecular weight is 214 g/mol. The molecule has 2 rings (SSSR count). The number of halogens is 1. The van der Waals surface area contributed by atoms with Crippen LogP contribution in [0.5, 0.6) is 5.75 Å². The molecule has 1 heterocycles. The molecule has 1 N–H and O–H groups in total. The molecule has 74 valence electrons. The van der Waals surface area contributed by atoms with Crippen molar-refractivity contribution in [1.82, 2.24) is 4.98 Å². The summed E-state index contributed by atoms with van der Waals surface area (Å²) in [4.78, 5) is 14.5. The Morgan fingerprint density at radius 2 is 2.29 bits per heavy atom. The predicted octanol–water partition coefficient (Wildman–Crippen LogP) is 1.97. The monoisotopic (exact) mass is 213 g/mol. The van der Waals surface area contributed by atoms with E-state index in [1.165, 1.54) is 12.1 Å². The Hall–Kier alpha value is -1.29. The van der Waals surface area contributed by atoms with Crippen LogP contribution >= 0.6 is 11.6 Å². The molecule has 0 aromatic carbocycles. The smallest absolute Gasteiger partial charge is 0.358 e. The van der Waals surface area contributed by atoms with Crippen LogP contribution in [0, 0.1) is 0 Å². The van der Waals surface area contributed by atoms with Crippen molar-refractivity contribution in [2.75, 3.05) is 0 Å². The van der Waals surface area contributed by atoms with Crippen LogP contribution in [0.15, 0.2) is 12.1 Å². The van der Waals surface area contributed by atoms with Crippen LogP contribution in [0.2, 0.25) is 5.15 Å². The fourth-order valence-electron chi connectivity index (χ4n) is 1.04. The summed E-state index contributed by atoms with van der Waals surface area (Å²) in [5.41, 5.74) is -0.121. The van der Waals surface area contributed by atoms with Crippen LogP contribution in [0.4, 0.5) is 0 Å². The molecule has 1 aromatic heterocycles. The molecule has 0 unspecified atom stereocenters. The van der Waals surface area contributed by atoms with Gasteiger partial charge in [-0.15, -0.1) is 0 Å². The Balaban J connectivity index is 2.31. The molecule has 1 aromatic rings. The van der Waals surface area contributed by atoms with E-state index < -0.39 is 5.97 Å². The summed E-state index contributed by atoms with van der Waals surface area (Å²) in [5, 5.41) is 8.98. The number of carboxylic acid groups (broad SMARTS) is 1. The van der Waals surface area contributed by atoms with Gasteiger partial charge in [-0.05, 0) is 25.0 Å². The number of aromatic nitrogens is 1. The topological polar surface area (TPSA) is 59.4 Å². The first-order chi connectivity index (χ1) is 6.66. The first-order valence-corrected chi connectivity index (χ1v) is 4.61. The van der Waals surface area contributed by atoms with Gasteiger partial charge in [-0.25, -0.2) is 9.78 Å². The van der Waals surface area contributed by atoms with E-state index in [2.05, 4.69) is 4.98 Å². The second kappa shape index (κ2) is 3.46. The van der Waals surface area contributed by atoms with Gasteiger partial charge in [0, 0.05) is 0 Å². The summed E-state index contributed by atoms with van der Waals surface area (Å²) >= 11 is 5.58. The SMILES string of the molecule is O=C(O)c1nc(Cl)ccc1OC1CC1. The van der Waals surface area contributed by atoms with Crippen molar-refractivity contribution in [2.24, 2.45) is 0 Å². The minimum atomic E-state index is -1.12. The summed E-state index contributed by atoms with van der Waals surface area (Å²) in [6.45, 7) is 0. The lowest BCUT2D eigenvalue weighted by atomic mass is 10.3. The lowest BCUT2D eigenvalue weighted by Crippen LogP contribution is -2.06. The minimum absolute atomic E-state index is 0.121. The molecule has 0 spiro atoms. The molecule has 0 aliphatic heterocycles. The fourth-order valence-corrected chi connectivity index (χ4v) is 1.18. The van der Waals surface area contributed by atoms with E-state index in [0.717, 1.165) is 12.8 Å². The molecule has 5 heteroatoms. The van der Waals surface area contributed by atoms with E-state index in [-0.39, 0.29) is 17.0 Å². The van der Waals surface area contributed by atoms with E-state index in [0.29, 0.717) is 5.75 Å². The van der Waals surface area contributed by atoms with Gasteiger partial charge in [0.05, 0.1) is 6.10 Å². The van der Waals surface area contributed by atoms with Crippen LogP contribution in [0.3, 0.4) is 0 Å². The van der Waals surface area contributed by atoms with Crippen molar-refractivity contribution >= 4 is 17.6 Å². The molecule has 0 saturated heterocycles. The van der Waals surface area contributed by atoms with Crippen molar-refractivity contribution in [3.05, 3.63) is 23.0 Å². The Morgan fingerprint density at radius 3 is 2.86 bits per heavy atom. The molecule has 4 nitrogen and oxygen atoms in total. The third kappa shape index (κ3) is 1.96. The Morgan fingerprint density at radius 1 is 1.57 bits per heavy atom. The number of pyridine rings is 1. The van der Waals surface area contributed by atoms with Crippen LogP contribution in [0.1, 0.15) is 23.3 Å². The van der Waals surface area contributed by atoms with Crippen LogP contribution < -0.4 is 4.74 Å². The summed E-state index contributed by atoms with van der Waals surface area (Å²) in [6.07, 6.45) is 2.10. The molecule has 0 bridgehead atoms. The Kier molecular flexibility index (Phi) is 2.29. The Labute approximate surface area is 85.5 Å². The van der Waals surface area contributed by atoms with Gasteiger partial charge in [0.1, 0.15) is 5.15 Å². The molecule has 0 radical (unpaired) electrons. The number of hydrogen-bond acceptors (Lipinski definition) is 3. The second-order valence-electron chi connectivity index (χ2n) is 3.10. The van der Waals surface area contributed by atoms with Gasteiger partial charge in [-0.1, -0.05) is 11.6 Å². The Bertz CT molecular complexity index is 376. The fraction of sp³-hybridized carbons (Fsp3) is 0.333. The normalized spacial score (nSPS) is 15.2. The van der Waals surface area contributed by atoms with Gasteiger partial charge in [0.2, 0.25) is 0 Å². The molecule has 1 aliphatic carbocycles. The third-order valence-corrected chi connectivity index (χ3v) is 2.06. The maximum atomic E-state index is 10.8. The molecule has 1 fully saturated rings. The van der Waals surface area contributed by atoms with Gasteiger partial charge < -0.3 is 9.84 Å². The lowest BCUT2D eigenvalue weighted by Gasteiger charge is -2.06. The van der Waals surface area contributed by atoms with Crippen LogP contribution in [-0.4, -0.2) is 22.2 Å². The first-order valence-electron chi connectivity index (χ1n) is 4.23. The van der Waals surface area contributed by atoms with Crippen molar-refractivity contribution in [2.45, 2.75) is 18.9 Å². The van der Waals surface area contributed by atoms with Crippen molar-refractivity contribution in [1.29, 1.82) is 0 Å². The van der Waals surface area contributed by atoms with E-state index in [1.54, 1.807) is 0 Å². The van der Waals surface area contributed by atoms with Gasteiger partial charge in [0.25, 0.3) is 0 Å². The van der Waals surface area contributed by atoms with E-state index in [1.807, 2.05) is 0 Å². The zero-order chi connectivity index (χ0) is 10.1. The van der Waals surface area contributed by atoms with E-state index >= 15 is 0 Å². The van der Waals surface area contributed by atoms with Gasteiger partial charge >= 0.3 is 5.97 Å². The molecule has 14 heavy (non-hydrogen) atoms. The number of carbonyl (C=O) groups is 1. The molecule has 0 atom stereocenters. The maximum absolute atomic E-state index is 10.8. The number of nitrogens with zero attached hydrogens (tertiary/aromatic N) is 1. The number of aromatic carboxylic acids is 1. The summed E-state index contributed by atoms with van der Waals surface area (Å²) in [5.74, 6) is -0.826. The quantitative estimate of drug-likeness (QED) is 0.780. The first kappa shape index (κ1) is 9.27. The van der Waals surface area contributed by atoms with E-state index in [9.17, 15) is 4.79 Å². The number of ether oxygens (including phenoxy) is 1. The largest absolute Gasteiger partial charge is 0.488 e. The zero-order valence-electron chi connectivity index (χ0n) is 7.24. The summed E-state index contributed by atoms with van der Waals surface area (Å²) in [7, 11) is 0. The van der Waals surface area contributed by atoms with Crippen molar-refractivity contribution in [3.63, 3.8) is 0 Å². The van der Waals surface area contributed by atoms with E-state index in [4.69, 9.17) is 21.4 Å². The average Bonchev–Trinajstić information content (AvgIpc) is 2.91. The molecule has 0 amide bonds. The standard InChI is InChI=1S/C9H8ClNO3/c10-7-4-3-6(14-5-1-2-5)8(11-7)9(12)13/h3-5H,1-2H2,(H,12,13). The highest BCUT2D eigenvalue weighted by Crippen LogP contribution is 2.29. The molecule has 1 saturated carbocycles. The van der Waals surface area contributed by atoms with Crippen LogP contribution in [0.25, 0.3) is 0 Å². The van der Waals surface area contributed by atoms with Gasteiger partial charge in [-0.2, -0.15) is 0 Å². The second-order valence-corrected chi connectivity index (χ2v) is 3.49. The van der Waals surface area contributed by atoms with Crippen molar-refractivity contribution < 1.29 is 14.6 Å². The summed E-state index contributed by atoms with van der Waals surface area (Å²) in [6, 6.07) is 3.06.